The summed E-state index contributed by atoms with van der Waals surface area (Å²) in [6.45, 7) is 4.91. The summed E-state index contributed by atoms with van der Waals surface area (Å²) in [4.78, 5) is 13.2. The van der Waals surface area contributed by atoms with E-state index in [4.69, 9.17) is 21.1 Å². The lowest BCUT2D eigenvalue weighted by Gasteiger charge is -2.15. The minimum absolute atomic E-state index is 0.116. The largest absolute Gasteiger partial charge is 0.490 e. The van der Waals surface area contributed by atoms with Gasteiger partial charge in [-0.15, -0.1) is 0 Å². The van der Waals surface area contributed by atoms with Gasteiger partial charge in [-0.2, -0.15) is 0 Å². The average Bonchev–Trinajstić information content (AvgIpc) is 3.18. The van der Waals surface area contributed by atoms with E-state index in [2.05, 4.69) is 45.6 Å². The highest BCUT2D eigenvalue weighted by molar-refractivity contribution is 9.10. The maximum Gasteiger partial charge on any atom is 0.260 e. The van der Waals surface area contributed by atoms with E-state index in [9.17, 15) is 4.79 Å². The van der Waals surface area contributed by atoms with E-state index in [-0.39, 0.29) is 11.4 Å². The Balaban J connectivity index is 1.48. The number of benzene rings is 3. The number of rotatable bonds is 9. The summed E-state index contributed by atoms with van der Waals surface area (Å²) < 4.78 is 12.7. The number of anilines is 1. The zero-order valence-electron chi connectivity index (χ0n) is 19.4. The SMILES string of the molecule is CCOc1cc(/C=C2\S[C@@H](Nc3ccc(CC)cc3)NC2=O)cc(Br)c1OCc1ccc(Cl)cc1. The van der Waals surface area contributed by atoms with Crippen LogP contribution in [0.25, 0.3) is 6.08 Å². The van der Waals surface area contributed by atoms with E-state index in [1.54, 1.807) is 0 Å². The normalized spacial score (nSPS) is 16.3. The Labute approximate surface area is 223 Å². The molecule has 2 N–H and O–H groups in total. The zero-order chi connectivity index (χ0) is 24.8. The van der Waals surface area contributed by atoms with Crippen LogP contribution >= 0.6 is 39.3 Å². The Hall–Kier alpha value is -2.61. The number of amides is 1. The van der Waals surface area contributed by atoms with E-state index < -0.39 is 0 Å². The molecule has 0 bridgehead atoms. The number of carbonyl (C=O) groups is 1. The fourth-order valence-electron chi connectivity index (χ4n) is 3.52. The number of halogens is 2. The molecule has 0 aromatic heterocycles. The number of ether oxygens (including phenoxy) is 2. The van der Waals surface area contributed by atoms with Crippen molar-refractivity contribution in [3.05, 3.63) is 91.8 Å². The van der Waals surface area contributed by atoms with Crippen LogP contribution in [-0.4, -0.2) is 18.0 Å². The zero-order valence-corrected chi connectivity index (χ0v) is 22.6. The smallest absolute Gasteiger partial charge is 0.260 e. The van der Waals surface area contributed by atoms with Crippen LogP contribution in [0, 0.1) is 0 Å². The van der Waals surface area contributed by atoms with Crippen LogP contribution in [0.2, 0.25) is 5.02 Å². The third-order valence-corrected chi connectivity index (χ3v) is 7.19. The van der Waals surface area contributed by atoms with Crippen molar-refractivity contribution in [3.63, 3.8) is 0 Å². The quantitative estimate of drug-likeness (QED) is 0.264. The topological polar surface area (TPSA) is 59.6 Å². The van der Waals surface area contributed by atoms with Crippen molar-refractivity contribution >= 4 is 57.0 Å². The lowest BCUT2D eigenvalue weighted by molar-refractivity contribution is -0.116. The van der Waals surface area contributed by atoms with Crippen molar-refractivity contribution in [2.75, 3.05) is 11.9 Å². The molecule has 1 atom stereocenters. The molecule has 0 radical (unpaired) electrons. The van der Waals surface area contributed by atoms with Crippen LogP contribution in [0.3, 0.4) is 0 Å². The molecule has 0 unspecified atom stereocenters. The second-order valence-electron chi connectivity index (χ2n) is 7.85. The van der Waals surface area contributed by atoms with E-state index >= 15 is 0 Å². The number of carbonyl (C=O) groups excluding carboxylic acids is 1. The number of hydrogen-bond donors (Lipinski definition) is 2. The van der Waals surface area contributed by atoms with Gasteiger partial charge in [-0.25, -0.2) is 0 Å². The molecule has 1 aliphatic heterocycles. The summed E-state index contributed by atoms with van der Waals surface area (Å²) in [6, 6.07) is 19.6. The summed E-state index contributed by atoms with van der Waals surface area (Å²) in [5.74, 6) is 1.11. The molecule has 4 rings (SSSR count). The molecule has 182 valence electrons. The molecule has 1 fully saturated rings. The molecule has 0 saturated carbocycles. The molecule has 1 heterocycles. The minimum atomic E-state index is -0.238. The molecular formula is C27H26BrClN2O3S. The van der Waals surface area contributed by atoms with Crippen LogP contribution in [0.15, 0.2) is 70.0 Å². The van der Waals surface area contributed by atoms with Crippen LogP contribution in [0.5, 0.6) is 11.5 Å². The van der Waals surface area contributed by atoms with Crippen molar-refractivity contribution in [3.8, 4) is 11.5 Å². The number of thioether (sulfide) groups is 1. The van der Waals surface area contributed by atoms with Gasteiger partial charge in [0, 0.05) is 10.7 Å². The number of hydrogen-bond acceptors (Lipinski definition) is 5. The van der Waals surface area contributed by atoms with Gasteiger partial charge < -0.3 is 20.1 Å². The van der Waals surface area contributed by atoms with Crippen LogP contribution in [-0.2, 0) is 17.8 Å². The van der Waals surface area contributed by atoms with Crippen molar-refractivity contribution < 1.29 is 14.3 Å². The van der Waals surface area contributed by atoms with E-state index in [1.165, 1.54) is 17.3 Å². The Bertz CT molecular complexity index is 1220. The molecular weight excluding hydrogens is 548 g/mol. The monoisotopic (exact) mass is 572 g/mol. The van der Waals surface area contributed by atoms with Gasteiger partial charge >= 0.3 is 0 Å². The first-order chi connectivity index (χ1) is 16.9. The molecule has 1 aliphatic rings. The molecule has 3 aromatic carbocycles. The Morgan fingerprint density at radius 3 is 2.46 bits per heavy atom. The summed E-state index contributed by atoms with van der Waals surface area (Å²) in [7, 11) is 0. The lowest BCUT2D eigenvalue weighted by Crippen LogP contribution is -2.30. The molecule has 35 heavy (non-hydrogen) atoms. The van der Waals surface area contributed by atoms with Crippen molar-refractivity contribution in [1.82, 2.24) is 5.32 Å². The van der Waals surface area contributed by atoms with E-state index in [0.29, 0.717) is 34.6 Å². The summed E-state index contributed by atoms with van der Waals surface area (Å²) in [5.41, 5.74) is 3.83. The minimum Gasteiger partial charge on any atom is -0.490 e. The van der Waals surface area contributed by atoms with Gasteiger partial charge in [0.05, 0.1) is 16.0 Å². The van der Waals surface area contributed by atoms with Gasteiger partial charge in [0.2, 0.25) is 0 Å². The summed E-state index contributed by atoms with van der Waals surface area (Å²) >= 11 is 11.0. The molecule has 3 aromatic rings. The van der Waals surface area contributed by atoms with Crippen molar-refractivity contribution in [2.45, 2.75) is 32.4 Å². The first-order valence-corrected chi connectivity index (χ1v) is 13.4. The van der Waals surface area contributed by atoms with Gasteiger partial charge in [0.25, 0.3) is 5.91 Å². The number of aryl methyl sites for hydroxylation is 1. The van der Waals surface area contributed by atoms with E-state index in [1.807, 2.05) is 61.5 Å². The fourth-order valence-corrected chi connectivity index (χ4v) is 5.20. The second kappa shape index (κ2) is 11.9. The predicted molar refractivity (Wildman–Crippen MR) is 148 cm³/mol. The highest BCUT2D eigenvalue weighted by Gasteiger charge is 2.27. The van der Waals surface area contributed by atoms with Gasteiger partial charge in [0.1, 0.15) is 6.61 Å². The van der Waals surface area contributed by atoms with E-state index in [0.717, 1.165) is 27.7 Å². The Morgan fingerprint density at radius 1 is 1.06 bits per heavy atom. The maximum atomic E-state index is 12.6. The predicted octanol–water partition coefficient (Wildman–Crippen LogP) is 7.24. The number of nitrogens with one attached hydrogen (secondary N) is 2. The van der Waals surface area contributed by atoms with Crippen molar-refractivity contribution in [2.24, 2.45) is 0 Å². The van der Waals surface area contributed by atoms with Crippen molar-refractivity contribution in [1.29, 1.82) is 0 Å². The first-order valence-electron chi connectivity index (χ1n) is 11.3. The average molecular weight is 574 g/mol. The summed E-state index contributed by atoms with van der Waals surface area (Å²) in [5, 5.41) is 7.01. The summed E-state index contributed by atoms with van der Waals surface area (Å²) in [6.07, 6.45) is 2.85. The third-order valence-electron chi connectivity index (χ3n) is 5.32. The molecule has 5 nitrogen and oxygen atoms in total. The molecule has 1 saturated heterocycles. The van der Waals surface area contributed by atoms with Gasteiger partial charge in [-0.3, -0.25) is 4.79 Å². The van der Waals surface area contributed by atoms with Gasteiger partial charge in [-0.05, 0) is 88.4 Å². The second-order valence-corrected chi connectivity index (χ2v) is 10.3. The maximum absolute atomic E-state index is 12.6. The van der Waals surface area contributed by atoms with Crippen LogP contribution in [0.1, 0.15) is 30.5 Å². The van der Waals surface area contributed by atoms with Crippen LogP contribution in [0.4, 0.5) is 5.69 Å². The molecule has 1 amide bonds. The van der Waals surface area contributed by atoms with Gasteiger partial charge in [-0.1, -0.05) is 54.6 Å². The lowest BCUT2D eigenvalue weighted by atomic mass is 10.1. The highest BCUT2D eigenvalue weighted by atomic mass is 79.9. The molecule has 0 spiro atoms. The standard InChI is InChI=1S/C27H26BrClN2O3S/c1-3-17-7-11-21(12-8-17)30-27-31-26(32)24(35-27)15-19-13-22(28)25(23(14-19)33-4-2)34-16-18-5-9-20(29)10-6-18/h5-15,27,30H,3-4,16H2,1-2H3,(H,31,32)/b24-15-/t27-/m0/s1. The third kappa shape index (κ3) is 6.75. The van der Waals surface area contributed by atoms with Gasteiger partial charge in [0.15, 0.2) is 17.0 Å². The Kier molecular flexibility index (Phi) is 8.65. The molecule has 8 heteroatoms. The fraction of sp³-hybridized carbons (Fsp3) is 0.222. The first kappa shape index (κ1) is 25.5. The Morgan fingerprint density at radius 2 is 1.77 bits per heavy atom. The molecule has 0 aliphatic carbocycles. The van der Waals surface area contributed by atoms with Crippen LogP contribution < -0.4 is 20.1 Å². The highest BCUT2D eigenvalue weighted by Crippen LogP contribution is 2.39.